The molecule has 1 unspecified atom stereocenters. The highest BCUT2D eigenvalue weighted by Gasteiger charge is 2.10. The van der Waals surface area contributed by atoms with Gasteiger partial charge < -0.3 is 10.4 Å². The molecular formula is C12H16N2O4. The Kier molecular flexibility index (Phi) is 4.65. The van der Waals surface area contributed by atoms with E-state index in [2.05, 4.69) is 5.32 Å². The minimum absolute atomic E-state index is 0.0305. The van der Waals surface area contributed by atoms with Crippen molar-refractivity contribution in [2.24, 2.45) is 0 Å². The van der Waals surface area contributed by atoms with Crippen LogP contribution >= 0.6 is 0 Å². The number of benzene rings is 1. The zero-order chi connectivity index (χ0) is 13.7. The fraction of sp³-hybridized carbons (Fsp3) is 0.417. The van der Waals surface area contributed by atoms with E-state index in [1.807, 2.05) is 6.92 Å². The summed E-state index contributed by atoms with van der Waals surface area (Å²) in [6.45, 7) is 3.62. The highest BCUT2D eigenvalue weighted by atomic mass is 16.6. The molecule has 1 aromatic carbocycles. The van der Waals surface area contributed by atoms with Crippen molar-refractivity contribution in [1.29, 1.82) is 0 Å². The van der Waals surface area contributed by atoms with Gasteiger partial charge in [0.05, 0.1) is 4.92 Å². The summed E-state index contributed by atoms with van der Waals surface area (Å²) in [5, 5.41) is 22.3. The Morgan fingerprint density at radius 1 is 1.50 bits per heavy atom. The van der Waals surface area contributed by atoms with E-state index in [0.29, 0.717) is 12.1 Å². The molecule has 0 heterocycles. The Balaban J connectivity index is 2.72. The lowest BCUT2D eigenvalue weighted by Gasteiger charge is -2.14. The van der Waals surface area contributed by atoms with Crippen molar-refractivity contribution >= 4 is 17.3 Å². The van der Waals surface area contributed by atoms with E-state index in [1.165, 1.54) is 12.1 Å². The number of non-ortho nitro benzene ring substituents is 1. The van der Waals surface area contributed by atoms with E-state index in [-0.39, 0.29) is 18.2 Å². The number of aliphatic carboxylic acids is 1. The van der Waals surface area contributed by atoms with Crippen LogP contribution in [0, 0.1) is 17.0 Å². The van der Waals surface area contributed by atoms with Crippen molar-refractivity contribution in [1.82, 2.24) is 0 Å². The van der Waals surface area contributed by atoms with Crippen molar-refractivity contribution < 1.29 is 14.8 Å². The molecular weight excluding hydrogens is 236 g/mol. The molecule has 0 amide bonds. The SMILES string of the molecule is Cc1cc(NC(C)CCC(=O)O)cc([N+](=O)[O-])c1. The Hall–Kier alpha value is -2.11. The topological polar surface area (TPSA) is 92.5 Å². The van der Waals surface area contributed by atoms with E-state index in [9.17, 15) is 14.9 Å². The van der Waals surface area contributed by atoms with Gasteiger partial charge in [-0.1, -0.05) is 0 Å². The molecule has 0 fully saturated rings. The van der Waals surface area contributed by atoms with Gasteiger partial charge in [-0.15, -0.1) is 0 Å². The fourth-order valence-corrected chi connectivity index (χ4v) is 1.65. The highest BCUT2D eigenvalue weighted by Crippen LogP contribution is 2.21. The normalized spacial score (nSPS) is 11.9. The summed E-state index contributed by atoms with van der Waals surface area (Å²) in [5.74, 6) is -0.848. The molecule has 98 valence electrons. The smallest absolute Gasteiger partial charge is 0.303 e. The minimum atomic E-state index is -0.848. The predicted octanol–water partition coefficient (Wildman–Crippen LogP) is 2.57. The third-order valence-electron chi connectivity index (χ3n) is 2.48. The Bertz CT molecular complexity index is 459. The molecule has 1 atom stereocenters. The first kappa shape index (κ1) is 14.0. The lowest BCUT2D eigenvalue weighted by Crippen LogP contribution is -2.16. The van der Waals surface area contributed by atoms with Crippen LogP contribution in [0.3, 0.4) is 0 Å². The maximum absolute atomic E-state index is 10.7. The summed E-state index contributed by atoms with van der Waals surface area (Å²) in [6.07, 6.45) is 0.541. The molecule has 0 saturated heterocycles. The molecule has 0 aliphatic carbocycles. The van der Waals surface area contributed by atoms with E-state index < -0.39 is 10.9 Å². The van der Waals surface area contributed by atoms with Gasteiger partial charge in [0.1, 0.15) is 0 Å². The second kappa shape index (κ2) is 6.00. The van der Waals surface area contributed by atoms with Gasteiger partial charge in [0.25, 0.3) is 5.69 Å². The molecule has 0 saturated carbocycles. The van der Waals surface area contributed by atoms with Gasteiger partial charge in [-0.3, -0.25) is 14.9 Å². The molecule has 0 bridgehead atoms. The number of carbonyl (C=O) groups is 1. The standard InChI is InChI=1S/C12H16N2O4/c1-8-5-10(7-11(6-8)14(17)18)13-9(2)3-4-12(15)16/h5-7,9,13H,3-4H2,1-2H3,(H,15,16). The van der Waals surface area contributed by atoms with Crippen LogP contribution in [0.4, 0.5) is 11.4 Å². The fourth-order valence-electron chi connectivity index (χ4n) is 1.65. The summed E-state index contributed by atoms with van der Waals surface area (Å²) >= 11 is 0. The molecule has 6 heteroatoms. The first-order chi connectivity index (χ1) is 8.38. The molecule has 0 aliphatic heterocycles. The molecule has 1 aromatic rings. The van der Waals surface area contributed by atoms with Gasteiger partial charge in [-0.05, 0) is 31.9 Å². The number of nitrogens with one attached hydrogen (secondary N) is 1. The number of hydrogen-bond donors (Lipinski definition) is 2. The number of rotatable bonds is 6. The van der Waals surface area contributed by atoms with Crippen molar-refractivity contribution in [2.75, 3.05) is 5.32 Å². The highest BCUT2D eigenvalue weighted by molar-refractivity contribution is 5.66. The van der Waals surface area contributed by atoms with Crippen LogP contribution in [0.25, 0.3) is 0 Å². The summed E-state index contributed by atoms with van der Waals surface area (Å²) in [4.78, 5) is 20.7. The number of nitro groups is 1. The number of nitrogens with zero attached hydrogens (tertiary/aromatic N) is 1. The molecule has 1 rings (SSSR count). The summed E-state index contributed by atoms with van der Waals surface area (Å²) in [6, 6.07) is 4.68. The summed E-state index contributed by atoms with van der Waals surface area (Å²) in [7, 11) is 0. The van der Waals surface area contributed by atoms with Crippen molar-refractivity contribution in [3.8, 4) is 0 Å². The number of anilines is 1. The van der Waals surface area contributed by atoms with E-state index in [0.717, 1.165) is 5.56 Å². The summed E-state index contributed by atoms with van der Waals surface area (Å²) in [5.41, 5.74) is 1.46. The van der Waals surface area contributed by atoms with Crippen molar-refractivity contribution in [3.05, 3.63) is 33.9 Å². The van der Waals surface area contributed by atoms with E-state index >= 15 is 0 Å². The minimum Gasteiger partial charge on any atom is -0.481 e. The maximum Gasteiger partial charge on any atom is 0.303 e. The third kappa shape index (κ3) is 4.40. The van der Waals surface area contributed by atoms with Crippen LogP contribution in [0.5, 0.6) is 0 Å². The number of nitro benzene ring substituents is 1. The van der Waals surface area contributed by atoms with Crippen LogP contribution in [-0.4, -0.2) is 22.0 Å². The van der Waals surface area contributed by atoms with Crippen molar-refractivity contribution in [2.45, 2.75) is 32.7 Å². The zero-order valence-electron chi connectivity index (χ0n) is 10.3. The average Bonchev–Trinajstić information content (AvgIpc) is 2.25. The molecule has 0 aromatic heterocycles. The Morgan fingerprint density at radius 3 is 2.72 bits per heavy atom. The lowest BCUT2D eigenvalue weighted by molar-refractivity contribution is -0.384. The number of carboxylic acid groups (broad SMARTS) is 1. The van der Waals surface area contributed by atoms with Gasteiger partial charge in [0.15, 0.2) is 0 Å². The van der Waals surface area contributed by atoms with Gasteiger partial charge in [-0.2, -0.15) is 0 Å². The monoisotopic (exact) mass is 252 g/mol. The van der Waals surface area contributed by atoms with Gasteiger partial charge in [0.2, 0.25) is 0 Å². The van der Waals surface area contributed by atoms with Crippen LogP contribution in [0.2, 0.25) is 0 Å². The number of hydrogen-bond acceptors (Lipinski definition) is 4. The van der Waals surface area contributed by atoms with Gasteiger partial charge >= 0.3 is 5.97 Å². The van der Waals surface area contributed by atoms with Crippen molar-refractivity contribution in [3.63, 3.8) is 0 Å². The Labute approximate surface area is 105 Å². The largest absolute Gasteiger partial charge is 0.481 e. The van der Waals surface area contributed by atoms with Crippen LogP contribution in [0.15, 0.2) is 18.2 Å². The second-order valence-corrected chi connectivity index (χ2v) is 4.29. The van der Waals surface area contributed by atoms with Gasteiger partial charge in [-0.25, -0.2) is 0 Å². The molecule has 0 spiro atoms. The van der Waals surface area contributed by atoms with Gasteiger partial charge in [0, 0.05) is 30.3 Å². The Morgan fingerprint density at radius 2 is 2.17 bits per heavy atom. The first-order valence-electron chi connectivity index (χ1n) is 5.63. The average molecular weight is 252 g/mol. The van der Waals surface area contributed by atoms with Crippen LogP contribution in [0.1, 0.15) is 25.3 Å². The molecule has 0 aliphatic rings. The lowest BCUT2D eigenvalue weighted by atomic mass is 10.1. The quantitative estimate of drug-likeness (QED) is 0.599. The summed E-state index contributed by atoms with van der Waals surface area (Å²) < 4.78 is 0. The molecule has 2 N–H and O–H groups in total. The zero-order valence-corrected chi connectivity index (χ0v) is 10.3. The van der Waals surface area contributed by atoms with Crippen LogP contribution in [-0.2, 0) is 4.79 Å². The first-order valence-corrected chi connectivity index (χ1v) is 5.63. The number of carboxylic acids is 1. The second-order valence-electron chi connectivity index (χ2n) is 4.29. The molecule has 18 heavy (non-hydrogen) atoms. The van der Waals surface area contributed by atoms with Crippen LogP contribution < -0.4 is 5.32 Å². The van der Waals surface area contributed by atoms with E-state index in [4.69, 9.17) is 5.11 Å². The predicted molar refractivity (Wildman–Crippen MR) is 67.8 cm³/mol. The van der Waals surface area contributed by atoms with E-state index in [1.54, 1.807) is 13.0 Å². The third-order valence-corrected chi connectivity index (χ3v) is 2.48. The molecule has 6 nitrogen and oxygen atoms in total. The molecule has 0 radical (unpaired) electrons. The number of aryl methyl sites for hydroxylation is 1. The maximum atomic E-state index is 10.7.